The first-order chi connectivity index (χ1) is 17.2. The lowest BCUT2D eigenvalue weighted by molar-refractivity contribution is -0.385. The number of benzene rings is 1. The zero-order chi connectivity index (χ0) is 25.1. The van der Waals surface area contributed by atoms with Crippen LogP contribution in [0.2, 0.25) is 5.02 Å². The van der Waals surface area contributed by atoms with Crippen molar-refractivity contribution in [3.63, 3.8) is 0 Å². The summed E-state index contributed by atoms with van der Waals surface area (Å²) in [6.07, 6.45) is 9.40. The van der Waals surface area contributed by atoms with E-state index in [-0.39, 0.29) is 27.5 Å². The Morgan fingerprint density at radius 3 is 2.69 bits per heavy atom. The topological polar surface area (TPSA) is 108 Å². The van der Waals surface area contributed by atoms with Gasteiger partial charge in [-0.1, -0.05) is 29.8 Å². The van der Waals surface area contributed by atoms with Crippen molar-refractivity contribution in [2.75, 3.05) is 5.32 Å². The third kappa shape index (κ3) is 4.09. The molecule has 1 amide bonds. The second-order valence-corrected chi connectivity index (χ2v) is 11.6. The molecule has 4 aliphatic rings. The highest BCUT2D eigenvalue weighted by atomic mass is 35.5. The number of hydrogen-bond acceptors (Lipinski definition) is 5. The number of amides is 1. The molecule has 1 aromatic carbocycles. The molecular weight excluding hydrogens is 480 g/mol. The Kier molecular flexibility index (Phi) is 5.44. The molecule has 4 fully saturated rings. The Hall–Kier alpha value is -3.20. The first-order valence-electron chi connectivity index (χ1n) is 12.5. The lowest BCUT2D eigenvalue weighted by Crippen LogP contribution is -2.57. The van der Waals surface area contributed by atoms with Gasteiger partial charge in [-0.05, 0) is 74.3 Å². The summed E-state index contributed by atoms with van der Waals surface area (Å²) in [5.41, 5.74) is 1.61. The van der Waals surface area contributed by atoms with E-state index in [1.54, 1.807) is 6.20 Å². The molecule has 1 N–H and O–H groups in total. The van der Waals surface area contributed by atoms with Crippen LogP contribution in [0.25, 0.3) is 0 Å². The zero-order valence-electron chi connectivity index (χ0n) is 20.2. The molecule has 0 aliphatic heterocycles. The van der Waals surface area contributed by atoms with Gasteiger partial charge in [0, 0.05) is 23.2 Å². The lowest BCUT2D eigenvalue weighted by atomic mass is 9.46. The number of hydrogen-bond donors (Lipinski definition) is 1. The summed E-state index contributed by atoms with van der Waals surface area (Å²) in [6, 6.07) is 9.56. The monoisotopic (exact) mass is 508 g/mol. The van der Waals surface area contributed by atoms with Gasteiger partial charge in [-0.15, -0.1) is 0 Å². The number of carbonyl (C=O) groups excluding carboxylic acids is 1. The van der Waals surface area contributed by atoms with Gasteiger partial charge in [-0.2, -0.15) is 10.2 Å². The van der Waals surface area contributed by atoms with E-state index >= 15 is 0 Å². The lowest BCUT2D eigenvalue weighted by Gasteiger charge is -2.61. The fourth-order valence-corrected chi connectivity index (χ4v) is 7.79. The van der Waals surface area contributed by atoms with E-state index in [2.05, 4.69) is 15.5 Å². The number of carbonyl (C=O) groups is 1. The molecule has 10 heteroatoms. The van der Waals surface area contributed by atoms with Crippen LogP contribution in [-0.2, 0) is 16.9 Å². The van der Waals surface area contributed by atoms with Crippen LogP contribution in [0.1, 0.15) is 56.2 Å². The first-order valence-corrected chi connectivity index (χ1v) is 12.9. The van der Waals surface area contributed by atoms with Gasteiger partial charge in [0.15, 0.2) is 5.82 Å². The maximum Gasteiger partial charge on any atom is 0.307 e. The molecule has 2 heterocycles. The van der Waals surface area contributed by atoms with Crippen molar-refractivity contribution in [2.24, 2.45) is 17.3 Å². The highest BCUT2D eigenvalue weighted by Gasteiger charge is 2.59. The average molecular weight is 509 g/mol. The molecule has 4 bridgehead atoms. The predicted octanol–water partition coefficient (Wildman–Crippen LogP) is 5.32. The van der Waals surface area contributed by atoms with Gasteiger partial charge >= 0.3 is 5.69 Å². The van der Waals surface area contributed by atoms with Crippen LogP contribution >= 0.6 is 11.6 Å². The van der Waals surface area contributed by atoms with E-state index in [4.69, 9.17) is 11.6 Å². The Balaban J connectivity index is 1.18. The number of rotatable bonds is 7. The molecule has 0 saturated heterocycles. The predicted molar refractivity (Wildman–Crippen MR) is 135 cm³/mol. The Morgan fingerprint density at radius 1 is 1.25 bits per heavy atom. The highest BCUT2D eigenvalue weighted by Crippen LogP contribution is 2.65. The minimum atomic E-state index is -0.389. The summed E-state index contributed by atoms with van der Waals surface area (Å²) in [7, 11) is 0. The maximum atomic E-state index is 13.3. The number of nitrogens with zero attached hydrogens (tertiary/aromatic N) is 5. The smallest absolute Gasteiger partial charge is 0.307 e. The first kappa shape index (κ1) is 23.2. The van der Waals surface area contributed by atoms with Gasteiger partial charge in [0.1, 0.15) is 12.4 Å². The fourth-order valence-electron chi connectivity index (χ4n) is 7.59. The second kappa shape index (κ2) is 8.44. The number of anilines is 1. The highest BCUT2D eigenvalue weighted by molar-refractivity contribution is 6.31. The SMILES string of the molecule is Cc1cc(NC(=O)CC23CC4CC(C2)CC(n2cc([N+](=O)[O-])cn2)(C4)C3)nn1Cc1ccccc1Cl. The minimum Gasteiger partial charge on any atom is -0.309 e. The van der Waals surface area contributed by atoms with Gasteiger partial charge in [0.25, 0.3) is 0 Å². The summed E-state index contributed by atoms with van der Waals surface area (Å²) in [4.78, 5) is 24.1. The Labute approximate surface area is 214 Å². The van der Waals surface area contributed by atoms with Crippen LogP contribution in [-0.4, -0.2) is 30.4 Å². The van der Waals surface area contributed by atoms with Gasteiger partial charge in [-0.3, -0.25) is 24.3 Å². The van der Waals surface area contributed by atoms with Crippen molar-refractivity contribution >= 4 is 29.0 Å². The number of halogens is 1. The van der Waals surface area contributed by atoms with Crippen molar-refractivity contribution in [3.05, 3.63) is 69.1 Å². The van der Waals surface area contributed by atoms with Crippen LogP contribution in [0, 0.1) is 34.3 Å². The van der Waals surface area contributed by atoms with Crippen LogP contribution in [0.5, 0.6) is 0 Å². The molecule has 2 aromatic heterocycles. The number of nitro groups is 1. The van der Waals surface area contributed by atoms with E-state index in [9.17, 15) is 14.9 Å². The van der Waals surface area contributed by atoms with Crippen LogP contribution < -0.4 is 5.32 Å². The summed E-state index contributed by atoms with van der Waals surface area (Å²) in [5.74, 6) is 1.58. The van der Waals surface area contributed by atoms with Crippen molar-refractivity contribution in [1.82, 2.24) is 19.6 Å². The number of nitrogens with one attached hydrogen (secondary N) is 1. The van der Waals surface area contributed by atoms with Crippen LogP contribution in [0.4, 0.5) is 11.5 Å². The molecule has 3 aromatic rings. The summed E-state index contributed by atoms with van der Waals surface area (Å²) in [6.45, 7) is 2.50. The molecule has 4 saturated carbocycles. The second-order valence-electron chi connectivity index (χ2n) is 11.2. The van der Waals surface area contributed by atoms with Crippen molar-refractivity contribution in [1.29, 1.82) is 0 Å². The van der Waals surface area contributed by atoms with Crippen LogP contribution in [0.15, 0.2) is 42.7 Å². The van der Waals surface area contributed by atoms with E-state index in [1.807, 2.05) is 46.6 Å². The van der Waals surface area contributed by atoms with Gasteiger partial charge in [0.05, 0.1) is 17.0 Å². The Bertz CT molecular complexity index is 1330. The number of aromatic nitrogens is 4. The summed E-state index contributed by atoms with van der Waals surface area (Å²) >= 11 is 6.31. The molecule has 36 heavy (non-hydrogen) atoms. The van der Waals surface area contributed by atoms with Crippen LogP contribution in [0.3, 0.4) is 0 Å². The molecule has 4 aliphatic carbocycles. The molecule has 9 nitrogen and oxygen atoms in total. The average Bonchev–Trinajstić information content (AvgIpc) is 3.42. The fraction of sp³-hybridized carbons (Fsp3) is 0.500. The van der Waals surface area contributed by atoms with Crippen molar-refractivity contribution < 1.29 is 9.72 Å². The van der Waals surface area contributed by atoms with Gasteiger partial charge in [-0.25, -0.2) is 0 Å². The molecular formula is C26H29ClN6O3. The molecule has 0 spiro atoms. The molecule has 7 rings (SSSR count). The van der Waals surface area contributed by atoms with E-state index < -0.39 is 0 Å². The quantitative estimate of drug-likeness (QED) is 0.343. The molecule has 2 unspecified atom stereocenters. The van der Waals surface area contributed by atoms with Crippen molar-refractivity contribution in [2.45, 2.75) is 64.0 Å². The minimum absolute atomic E-state index is 0.0269. The molecule has 188 valence electrons. The third-order valence-corrected chi connectivity index (χ3v) is 8.85. The molecule has 2 atom stereocenters. The standard InChI is InChI=1S/C26H29ClN6O3/c1-17-6-23(30-31(17)14-20-4-2-3-5-22(20)27)29-24(34)12-25-8-18-7-19(9-25)11-26(10-18,16-25)32-15-21(13-28-32)33(35)36/h2-6,13,15,18-19H,7-12,14,16H2,1H3,(H,29,30,34). The summed E-state index contributed by atoms with van der Waals surface area (Å²) in [5, 5.41) is 24.0. The van der Waals surface area contributed by atoms with E-state index in [0.717, 1.165) is 43.4 Å². The molecule has 0 radical (unpaired) electrons. The summed E-state index contributed by atoms with van der Waals surface area (Å²) < 4.78 is 3.69. The largest absolute Gasteiger partial charge is 0.309 e. The number of aryl methyl sites for hydroxylation is 1. The maximum absolute atomic E-state index is 13.3. The zero-order valence-corrected chi connectivity index (χ0v) is 20.9. The third-order valence-electron chi connectivity index (χ3n) is 8.48. The van der Waals surface area contributed by atoms with E-state index in [1.165, 1.54) is 12.6 Å². The Morgan fingerprint density at radius 2 is 2.00 bits per heavy atom. The van der Waals surface area contributed by atoms with Crippen molar-refractivity contribution in [3.8, 4) is 0 Å². The van der Waals surface area contributed by atoms with Gasteiger partial charge < -0.3 is 5.32 Å². The van der Waals surface area contributed by atoms with Gasteiger partial charge in [0.2, 0.25) is 5.91 Å². The normalized spacial score (nSPS) is 28.4. The van der Waals surface area contributed by atoms with E-state index in [0.29, 0.717) is 35.6 Å².